The molecular weight excluding hydrogens is 356 g/mol. The highest BCUT2D eigenvalue weighted by atomic mass is 16.2. The minimum Gasteiger partial charge on any atom is -0.388 e. The Labute approximate surface area is 163 Å². The topological polar surface area (TPSA) is 90.5 Å². The molecule has 1 saturated heterocycles. The van der Waals surface area contributed by atoms with Crippen LogP contribution in [-0.2, 0) is 22.7 Å². The monoisotopic (exact) mass is 378 g/mol. The number of nitrogens with zero attached hydrogens (tertiary/aromatic N) is 1. The Balaban J connectivity index is 1.52. The molecule has 144 valence electrons. The van der Waals surface area contributed by atoms with E-state index in [0.717, 1.165) is 22.5 Å². The zero-order valence-corrected chi connectivity index (χ0v) is 15.6. The molecule has 2 aromatic carbocycles. The molecule has 7 heteroatoms. The summed E-state index contributed by atoms with van der Waals surface area (Å²) >= 11 is 0. The van der Waals surface area contributed by atoms with Gasteiger partial charge in [-0.15, -0.1) is 0 Å². The van der Waals surface area contributed by atoms with Crippen LogP contribution >= 0.6 is 0 Å². The number of carbonyl (C=O) groups excluding carboxylic acids is 3. The molecule has 0 radical (unpaired) electrons. The Kier molecular flexibility index (Phi) is 4.73. The molecule has 0 aromatic heterocycles. The van der Waals surface area contributed by atoms with Crippen molar-refractivity contribution in [1.82, 2.24) is 10.2 Å². The van der Waals surface area contributed by atoms with Crippen molar-refractivity contribution < 1.29 is 14.4 Å². The van der Waals surface area contributed by atoms with Gasteiger partial charge in [-0.05, 0) is 41.8 Å². The standard InChI is InChI=1S/C21H22N4O3/c1-22-14-5-3-6-15(10-14)23-11-13-4-2-7-16-17(13)12-25(21(16)28)18-8-9-19(26)24-20(18)27/h2-7,10,18,22-23H,8-9,11-12H2,1H3,(H,24,26,27). The predicted molar refractivity (Wildman–Crippen MR) is 106 cm³/mol. The van der Waals surface area contributed by atoms with Crippen LogP contribution in [0.3, 0.4) is 0 Å². The Morgan fingerprint density at radius 1 is 1.11 bits per heavy atom. The molecule has 2 aliphatic rings. The van der Waals surface area contributed by atoms with Crippen LogP contribution in [0.5, 0.6) is 0 Å². The smallest absolute Gasteiger partial charge is 0.255 e. The summed E-state index contributed by atoms with van der Waals surface area (Å²) in [7, 11) is 1.87. The van der Waals surface area contributed by atoms with E-state index in [1.54, 1.807) is 11.0 Å². The van der Waals surface area contributed by atoms with Crippen LogP contribution in [0.1, 0.15) is 34.3 Å². The molecule has 2 aromatic rings. The van der Waals surface area contributed by atoms with Crippen LogP contribution in [0.15, 0.2) is 42.5 Å². The number of carbonyl (C=O) groups is 3. The third kappa shape index (κ3) is 3.31. The molecule has 3 N–H and O–H groups in total. The van der Waals surface area contributed by atoms with Crippen LogP contribution < -0.4 is 16.0 Å². The number of nitrogens with one attached hydrogen (secondary N) is 3. The summed E-state index contributed by atoms with van der Waals surface area (Å²) in [6, 6.07) is 13.0. The third-order valence-corrected chi connectivity index (χ3v) is 5.31. The summed E-state index contributed by atoms with van der Waals surface area (Å²) in [5, 5.41) is 8.84. The highest BCUT2D eigenvalue weighted by molar-refractivity contribution is 6.05. The average Bonchev–Trinajstić information content (AvgIpc) is 3.04. The second-order valence-corrected chi connectivity index (χ2v) is 7.03. The maximum Gasteiger partial charge on any atom is 0.255 e. The SMILES string of the molecule is CNc1cccc(NCc2cccc3c2CN(C2CCC(=O)NC2=O)C3=O)c1. The van der Waals surface area contributed by atoms with Gasteiger partial charge in [-0.3, -0.25) is 19.7 Å². The van der Waals surface area contributed by atoms with Crippen LogP contribution in [-0.4, -0.2) is 35.7 Å². The zero-order chi connectivity index (χ0) is 19.7. The molecule has 0 saturated carbocycles. The number of benzene rings is 2. The first-order valence-electron chi connectivity index (χ1n) is 9.34. The maximum atomic E-state index is 12.9. The van der Waals surface area contributed by atoms with Crippen molar-refractivity contribution in [1.29, 1.82) is 0 Å². The number of fused-ring (bicyclic) bond motifs is 1. The largest absolute Gasteiger partial charge is 0.388 e. The van der Waals surface area contributed by atoms with Crippen LogP contribution in [0, 0.1) is 0 Å². The van der Waals surface area contributed by atoms with E-state index in [1.165, 1.54) is 0 Å². The lowest BCUT2D eigenvalue weighted by Crippen LogP contribution is -2.52. The van der Waals surface area contributed by atoms with Gasteiger partial charge in [0.1, 0.15) is 6.04 Å². The van der Waals surface area contributed by atoms with Crippen molar-refractivity contribution in [3.05, 3.63) is 59.2 Å². The molecule has 1 atom stereocenters. The summed E-state index contributed by atoms with van der Waals surface area (Å²) in [6.07, 6.45) is 0.627. The number of amides is 3. The number of rotatable bonds is 5. The van der Waals surface area contributed by atoms with Gasteiger partial charge >= 0.3 is 0 Å². The fourth-order valence-electron chi connectivity index (χ4n) is 3.80. The normalized spacial score (nSPS) is 18.7. The first kappa shape index (κ1) is 18.0. The van der Waals surface area contributed by atoms with E-state index < -0.39 is 6.04 Å². The van der Waals surface area contributed by atoms with Gasteiger partial charge in [0.05, 0.1) is 0 Å². The highest BCUT2D eigenvalue weighted by Gasteiger charge is 2.39. The quantitative estimate of drug-likeness (QED) is 0.693. The van der Waals surface area contributed by atoms with Gasteiger partial charge in [0.2, 0.25) is 11.8 Å². The Hall–Kier alpha value is -3.35. The first-order chi connectivity index (χ1) is 13.6. The number of hydrogen-bond donors (Lipinski definition) is 3. The van der Waals surface area contributed by atoms with Gasteiger partial charge in [-0.1, -0.05) is 18.2 Å². The zero-order valence-electron chi connectivity index (χ0n) is 15.6. The summed E-state index contributed by atoms with van der Waals surface area (Å²) in [5.74, 6) is -0.816. The molecule has 7 nitrogen and oxygen atoms in total. The molecule has 0 bridgehead atoms. The van der Waals surface area contributed by atoms with Crippen LogP contribution in [0.25, 0.3) is 0 Å². The molecule has 0 spiro atoms. The lowest BCUT2D eigenvalue weighted by molar-refractivity contribution is -0.136. The Morgan fingerprint density at radius 2 is 1.89 bits per heavy atom. The van der Waals surface area contributed by atoms with Crippen molar-refractivity contribution in [3.8, 4) is 0 Å². The third-order valence-electron chi connectivity index (χ3n) is 5.31. The molecule has 0 aliphatic carbocycles. The highest BCUT2D eigenvalue weighted by Crippen LogP contribution is 2.30. The van der Waals surface area contributed by atoms with Crippen molar-refractivity contribution >= 4 is 29.1 Å². The number of anilines is 2. The van der Waals surface area contributed by atoms with E-state index in [4.69, 9.17) is 0 Å². The van der Waals surface area contributed by atoms with Gasteiger partial charge < -0.3 is 15.5 Å². The van der Waals surface area contributed by atoms with Gasteiger partial charge in [-0.2, -0.15) is 0 Å². The van der Waals surface area contributed by atoms with Crippen molar-refractivity contribution in [3.63, 3.8) is 0 Å². The fourth-order valence-corrected chi connectivity index (χ4v) is 3.80. The van der Waals surface area contributed by atoms with E-state index >= 15 is 0 Å². The van der Waals surface area contributed by atoms with E-state index in [2.05, 4.69) is 16.0 Å². The molecule has 1 unspecified atom stereocenters. The van der Waals surface area contributed by atoms with Crippen molar-refractivity contribution in [2.45, 2.75) is 32.0 Å². The Morgan fingerprint density at radius 3 is 2.68 bits per heavy atom. The minimum absolute atomic E-state index is 0.150. The van der Waals surface area contributed by atoms with Gasteiger partial charge in [0.25, 0.3) is 5.91 Å². The predicted octanol–water partition coefficient (Wildman–Crippen LogP) is 2.10. The fraction of sp³-hybridized carbons (Fsp3) is 0.286. The summed E-state index contributed by atoms with van der Waals surface area (Å²) in [6.45, 7) is 0.960. The lowest BCUT2D eigenvalue weighted by atomic mass is 10.0. The van der Waals surface area contributed by atoms with E-state index in [1.807, 2.05) is 43.4 Å². The van der Waals surface area contributed by atoms with Gasteiger partial charge in [0.15, 0.2) is 0 Å². The molecule has 28 heavy (non-hydrogen) atoms. The van der Waals surface area contributed by atoms with Gasteiger partial charge in [0, 0.05) is 43.5 Å². The van der Waals surface area contributed by atoms with Gasteiger partial charge in [-0.25, -0.2) is 0 Å². The minimum atomic E-state index is -0.592. The van der Waals surface area contributed by atoms with E-state index in [-0.39, 0.29) is 24.1 Å². The second kappa shape index (κ2) is 7.34. The molecular formula is C21H22N4O3. The van der Waals surface area contributed by atoms with E-state index in [0.29, 0.717) is 25.1 Å². The Bertz CT molecular complexity index is 956. The number of imide groups is 1. The summed E-state index contributed by atoms with van der Waals surface area (Å²) in [4.78, 5) is 38.1. The average molecular weight is 378 g/mol. The maximum absolute atomic E-state index is 12.9. The molecule has 2 heterocycles. The first-order valence-corrected chi connectivity index (χ1v) is 9.34. The summed E-state index contributed by atoms with van der Waals surface area (Å²) < 4.78 is 0. The van der Waals surface area contributed by atoms with Crippen LogP contribution in [0.4, 0.5) is 11.4 Å². The second-order valence-electron chi connectivity index (χ2n) is 7.03. The molecule has 3 amide bonds. The van der Waals surface area contributed by atoms with Crippen molar-refractivity contribution in [2.24, 2.45) is 0 Å². The lowest BCUT2D eigenvalue weighted by Gasteiger charge is -2.29. The molecule has 2 aliphatic heterocycles. The molecule has 4 rings (SSSR count). The number of hydrogen-bond acceptors (Lipinski definition) is 5. The van der Waals surface area contributed by atoms with E-state index in [9.17, 15) is 14.4 Å². The van der Waals surface area contributed by atoms with Crippen molar-refractivity contribution in [2.75, 3.05) is 17.7 Å². The number of piperidine rings is 1. The summed E-state index contributed by atoms with van der Waals surface area (Å²) in [5.41, 5.74) is 4.59. The van der Waals surface area contributed by atoms with Crippen LogP contribution in [0.2, 0.25) is 0 Å². The molecule has 1 fully saturated rings.